The van der Waals surface area contributed by atoms with Crippen molar-refractivity contribution in [1.82, 2.24) is 15.4 Å². The first-order chi connectivity index (χ1) is 11.2. The summed E-state index contributed by atoms with van der Waals surface area (Å²) in [4.78, 5) is 17.3. The molecule has 0 amide bonds. The molecule has 4 N–H and O–H groups in total. The van der Waals surface area contributed by atoms with Crippen molar-refractivity contribution < 1.29 is 23.3 Å². The highest BCUT2D eigenvalue weighted by Crippen LogP contribution is 2.37. The lowest BCUT2D eigenvalue weighted by Crippen LogP contribution is -2.21. The number of hydrogen-bond acceptors (Lipinski definition) is 7. The van der Waals surface area contributed by atoms with Gasteiger partial charge >= 0.3 is 6.18 Å². The molecule has 9 nitrogen and oxygen atoms in total. The summed E-state index contributed by atoms with van der Waals surface area (Å²) in [6, 6.07) is 2.23. The average molecular weight is 342 g/mol. The maximum absolute atomic E-state index is 12.8. The normalized spacial score (nSPS) is 11.0. The van der Waals surface area contributed by atoms with E-state index in [0.717, 1.165) is 6.07 Å². The van der Waals surface area contributed by atoms with E-state index in [-0.39, 0.29) is 17.2 Å². The highest BCUT2D eigenvalue weighted by Gasteiger charge is 2.38. The Labute approximate surface area is 131 Å². The number of aromatic nitrogens is 2. The third-order valence-electron chi connectivity index (χ3n) is 2.81. The van der Waals surface area contributed by atoms with Gasteiger partial charge in [-0.3, -0.25) is 26.2 Å². The standard InChI is InChI=1S/C12H9F3N6O3/c13-12(14,15)7-2-1-6(5-8(7)21(23)24)19-11-9(10(16)20-22)17-3-4-18-11/h1-5,22H,(H2,16,20)(H,18,19). The Morgan fingerprint density at radius 1 is 1.29 bits per heavy atom. The molecule has 0 unspecified atom stereocenters. The number of amidine groups is 1. The molecular formula is C12H9F3N6O3. The molecule has 0 fully saturated rings. The molecule has 0 atom stereocenters. The molecule has 0 spiro atoms. The van der Waals surface area contributed by atoms with Gasteiger partial charge in [-0.1, -0.05) is 0 Å². The molecule has 0 aliphatic rings. The lowest BCUT2D eigenvalue weighted by atomic mass is 10.1. The number of nitro groups is 1. The van der Waals surface area contributed by atoms with Crippen molar-refractivity contribution in [1.29, 1.82) is 5.41 Å². The molecular weight excluding hydrogens is 333 g/mol. The maximum Gasteiger partial charge on any atom is 0.423 e. The Balaban J connectivity index is 2.44. The molecule has 0 radical (unpaired) electrons. The van der Waals surface area contributed by atoms with Gasteiger partial charge in [0, 0.05) is 24.1 Å². The van der Waals surface area contributed by atoms with Crippen LogP contribution in [0.15, 0.2) is 30.6 Å². The fourth-order valence-corrected chi connectivity index (χ4v) is 1.80. The first-order valence-electron chi connectivity index (χ1n) is 6.16. The van der Waals surface area contributed by atoms with Crippen molar-refractivity contribution >= 4 is 23.0 Å². The molecule has 0 bridgehead atoms. The minimum atomic E-state index is -4.87. The lowest BCUT2D eigenvalue weighted by Gasteiger charge is -2.12. The van der Waals surface area contributed by atoms with Crippen LogP contribution in [0, 0.1) is 15.5 Å². The number of hydrogen-bond donors (Lipinski definition) is 4. The van der Waals surface area contributed by atoms with Crippen LogP contribution in [0.3, 0.4) is 0 Å². The highest BCUT2D eigenvalue weighted by molar-refractivity contribution is 5.98. The van der Waals surface area contributed by atoms with Gasteiger partial charge in [-0.15, -0.1) is 0 Å². The monoisotopic (exact) mass is 342 g/mol. The maximum atomic E-state index is 12.8. The van der Waals surface area contributed by atoms with Crippen LogP contribution in [0.5, 0.6) is 0 Å². The Morgan fingerprint density at radius 2 is 1.96 bits per heavy atom. The van der Waals surface area contributed by atoms with Crippen LogP contribution in [0.1, 0.15) is 11.3 Å². The largest absolute Gasteiger partial charge is 0.423 e. The first-order valence-corrected chi connectivity index (χ1v) is 6.16. The summed E-state index contributed by atoms with van der Waals surface area (Å²) in [5.41, 5.74) is -1.17. The molecule has 0 saturated carbocycles. The van der Waals surface area contributed by atoms with Gasteiger partial charge in [-0.2, -0.15) is 13.2 Å². The van der Waals surface area contributed by atoms with E-state index >= 15 is 0 Å². The van der Waals surface area contributed by atoms with Crippen molar-refractivity contribution in [2.24, 2.45) is 0 Å². The van der Waals surface area contributed by atoms with Crippen molar-refractivity contribution in [3.63, 3.8) is 0 Å². The van der Waals surface area contributed by atoms with Gasteiger partial charge in [-0.25, -0.2) is 9.97 Å². The van der Waals surface area contributed by atoms with E-state index in [2.05, 4.69) is 15.3 Å². The molecule has 2 rings (SSSR count). The molecule has 24 heavy (non-hydrogen) atoms. The summed E-state index contributed by atoms with van der Waals surface area (Å²) in [6.07, 6.45) is -2.42. The zero-order valence-electron chi connectivity index (χ0n) is 11.6. The van der Waals surface area contributed by atoms with E-state index in [1.54, 1.807) is 5.48 Å². The van der Waals surface area contributed by atoms with Crippen molar-refractivity contribution in [2.45, 2.75) is 6.18 Å². The van der Waals surface area contributed by atoms with Crippen LogP contribution in [0.2, 0.25) is 0 Å². The minimum absolute atomic E-state index is 0.0674. The van der Waals surface area contributed by atoms with Crippen LogP contribution >= 0.6 is 0 Å². The summed E-state index contributed by atoms with van der Waals surface area (Å²) in [6.45, 7) is 0. The van der Waals surface area contributed by atoms with Gasteiger partial charge in [0.15, 0.2) is 11.7 Å². The van der Waals surface area contributed by atoms with Gasteiger partial charge in [0.2, 0.25) is 0 Å². The zero-order chi connectivity index (χ0) is 17.9. The summed E-state index contributed by atoms with van der Waals surface area (Å²) in [5, 5.41) is 29.6. The van der Waals surface area contributed by atoms with Crippen LogP contribution in [0.25, 0.3) is 0 Å². The molecule has 126 valence electrons. The number of nitrogens with one attached hydrogen (secondary N) is 3. The molecule has 1 aromatic heterocycles. The Kier molecular flexibility index (Phi) is 4.59. The molecule has 1 aromatic carbocycles. The SMILES string of the molecule is N=C(NO)c1nccnc1Nc1ccc(C(F)(F)F)c([N+](=O)[O-])c1. The highest BCUT2D eigenvalue weighted by atomic mass is 19.4. The van der Waals surface area contributed by atoms with Gasteiger partial charge in [0.1, 0.15) is 11.3 Å². The minimum Gasteiger partial charge on any atom is -0.338 e. The van der Waals surface area contributed by atoms with E-state index in [4.69, 9.17) is 10.6 Å². The number of nitro benzene ring substituents is 1. The molecule has 0 aliphatic carbocycles. The van der Waals surface area contributed by atoms with Gasteiger partial charge in [-0.05, 0) is 12.1 Å². The number of rotatable bonds is 4. The lowest BCUT2D eigenvalue weighted by molar-refractivity contribution is -0.388. The number of anilines is 2. The quantitative estimate of drug-likeness (QED) is 0.290. The third kappa shape index (κ3) is 3.55. The number of nitrogens with zero attached hydrogens (tertiary/aromatic N) is 3. The van der Waals surface area contributed by atoms with Crippen LogP contribution < -0.4 is 10.8 Å². The van der Waals surface area contributed by atoms with Gasteiger partial charge in [0.25, 0.3) is 5.69 Å². The second-order valence-corrected chi connectivity index (χ2v) is 4.35. The fraction of sp³-hybridized carbons (Fsp3) is 0.0833. The van der Waals surface area contributed by atoms with Crippen LogP contribution in [0.4, 0.5) is 30.4 Å². The fourth-order valence-electron chi connectivity index (χ4n) is 1.80. The Bertz CT molecular complexity index is 796. The Hall–Kier alpha value is -3.28. The summed E-state index contributed by atoms with van der Waals surface area (Å²) < 4.78 is 38.3. The zero-order valence-corrected chi connectivity index (χ0v) is 11.6. The molecule has 12 heteroatoms. The predicted molar refractivity (Wildman–Crippen MR) is 75.2 cm³/mol. The van der Waals surface area contributed by atoms with E-state index in [1.807, 2.05) is 0 Å². The number of halogens is 3. The molecule has 1 heterocycles. The Morgan fingerprint density at radius 3 is 2.54 bits per heavy atom. The second-order valence-electron chi connectivity index (χ2n) is 4.35. The van der Waals surface area contributed by atoms with Crippen molar-refractivity contribution in [3.05, 3.63) is 52.0 Å². The van der Waals surface area contributed by atoms with Crippen LogP contribution in [-0.4, -0.2) is 25.9 Å². The topological polar surface area (TPSA) is 137 Å². The smallest absolute Gasteiger partial charge is 0.338 e. The van der Waals surface area contributed by atoms with Gasteiger partial charge in [0.05, 0.1) is 4.92 Å². The molecule has 0 aliphatic heterocycles. The van der Waals surface area contributed by atoms with Gasteiger partial charge < -0.3 is 5.32 Å². The number of hydroxylamine groups is 1. The molecule has 0 saturated heterocycles. The van der Waals surface area contributed by atoms with Crippen molar-refractivity contribution in [3.8, 4) is 0 Å². The van der Waals surface area contributed by atoms with E-state index < -0.39 is 28.2 Å². The van der Waals surface area contributed by atoms with E-state index in [9.17, 15) is 23.3 Å². The number of benzene rings is 1. The molecule has 2 aromatic rings. The number of alkyl halides is 3. The third-order valence-corrected chi connectivity index (χ3v) is 2.81. The predicted octanol–water partition coefficient (Wildman–Crippen LogP) is 2.45. The van der Waals surface area contributed by atoms with Crippen molar-refractivity contribution in [2.75, 3.05) is 5.32 Å². The summed E-state index contributed by atoms with van der Waals surface area (Å²) >= 11 is 0. The first kappa shape index (κ1) is 17.1. The average Bonchev–Trinajstić information content (AvgIpc) is 2.53. The summed E-state index contributed by atoms with van der Waals surface area (Å²) in [5.74, 6) is -0.606. The van der Waals surface area contributed by atoms with E-state index in [1.165, 1.54) is 12.4 Å². The second kappa shape index (κ2) is 6.45. The summed E-state index contributed by atoms with van der Waals surface area (Å²) in [7, 11) is 0. The van der Waals surface area contributed by atoms with Crippen LogP contribution in [-0.2, 0) is 6.18 Å². The van der Waals surface area contributed by atoms with E-state index in [0.29, 0.717) is 12.1 Å².